The quantitative estimate of drug-likeness (QED) is 0.786. The van der Waals surface area contributed by atoms with E-state index in [2.05, 4.69) is 4.74 Å². The second kappa shape index (κ2) is 4.50. The van der Waals surface area contributed by atoms with Crippen molar-refractivity contribution in [2.45, 2.75) is 18.4 Å². The highest BCUT2D eigenvalue weighted by atomic mass is 16.5. The van der Waals surface area contributed by atoms with Gasteiger partial charge in [0, 0.05) is 7.11 Å². The molecule has 1 atom stereocenters. The highest BCUT2D eigenvalue weighted by Gasteiger charge is 2.47. The third-order valence-corrected chi connectivity index (χ3v) is 3.04. The van der Waals surface area contributed by atoms with E-state index in [9.17, 15) is 9.90 Å². The van der Waals surface area contributed by atoms with Crippen LogP contribution >= 0.6 is 0 Å². The summed E-state index contributed by atoms with van der Waals surface area (Å²) in [5.41, 5.74) is -1.14. The number of ether oxygens (including phenoxy) is 2. The zero-order chi connectivity index (χ0) is 12.5. The molecule has 1 unspecified atom stereocenters. The largest absolute Gasteiger partial charge is 0.463 e. The van der Waals surface area contributed by atoms with Crippen LogP contribution in [0.3, 0.4) is 0 Å². The summed E-state index contributed by atoms with van der Waals surface area (Å²) in [4.78, 5) is 11.3. The molecule has 1 heterocycles. The molecule has 0 aromatic carbocycles. The van der Waals surface area contributed by atoms with Crippen molar-refractivity contribution in [2.75, 3.05) is 20.8 Å². The van der Waals surface area contributed by atoms with Crippen molar-refractivity contribution in [1.82, 2.24) is 0 Å². The molecule has 17 heavy (non-hydrogen) atoms. The molecular formula is C12H16O5. The molecular weight excluding hydrogens is 224 g/mol. The normalized spacial score (nSPS) is 18.8. The number of aliphatic hydroxyl groups is 1. The number of furan rings is 1. The Morgan fingerprint density at radius 2 is 2.24 bits per heavy atom. The van der Waals surface area contributed by atoms with Crippen LogP contribution in [0.25, 0.3) is 0 Å². The summed E-state index contributed by atoms with van der Waals surface area (Å²) in [6, 6.07) is 3.10. The molecule has 1 N–H and O–H groups in total. The van der Waals surface area contributed by atoms with Crippen LogP contribution in [0.5, 0.6) is 0 Å². The predicted molar refractivity (Wildman–Crippen MR) is 58.5 cm³/mol. The van der Waals surface area contributed by atoms with Gasteiger partial charge in [-0.25, -0.2) is 4.79 Å². The monoisotopic (exact) mass is 240 g/mol. The van der Waals surface area contributed by atoms with Gasteiger partial charge in [0.2, 0.25) is 5.76 Å². The van der Waals surface area contributed by atoms with E-state index in [0.29, 0.717) is 5.76 Å². The third-order valence-electron chi connectivity index (χ3n) is 3.04. The second-order valence-electron chi connectivity index (χ2n) is 4.29. The number of esters is 1. The lowest BCUT2D eigenvalue weighted by Crippen LogP contribution is -2.33. The third kappa shape index (κ3) is 2.21. The molecule has 94 valence electrons. The first-order valence-corrected chi connectivity index (χ1v) is 5.51. The van der Waals surface area contributed by atoms with E-state index in [4.69, 9.17) is 9.15 Å². The van der Waals surface area contributed by atoms with Crippen molar-refractivity contribution in [3.8, 4) is 0 Å². The fraction of sp³-hybridized carbons (Fsp3) is 0.583. The van der Waals surface area contributed by atoms with Crippen molar-refractivity contribution >= 4 is 5.97 Å². The van der Waals surface area contributed by atoms with Gasteiger partial charge in [-0.15, -0.1) is 0 Å². The second-order valence-corrected chi connectivity index (χ2v) is 4.29. The van der Waals surface area contributed by atoms with Crippen molar-refractivity contribution in [1.29, 1.82) is 0 Å². The Kier molecular flexibility index (Phi) is 3.22. The maximum Gasteiger partial charge on any atom is 0.373 e. The number of carbonyl (C=O) groups is 1. The standard InChI is InChI=1S/C12H16O5/c1-15-7-12(14,8-3-4-8)10-6-5-9(17-10)11(13)16-2/h5-6,8,14H,3-4,7H2,1-2H3. The van der Waals surface area contributed by atoms with Crippen molar-refractivity contribution < 1.29 is 23.8 Å². The summed E-state index contributed by atoms with van der Waals surface area (Å²) in [5.74, 6) is 0.0471. The summed E-state index contributed by atoms with van der Waals surface area (Å²) < 4.78 is 14.9. The molecule has 1 saturated carbocycles. The number of rotatable bonds is 5. The van der Waals surface area contributed by atoms with Crippen LogP contribution in [-0.4, -0.2) is 31.9 Å². The highest BCUT2D eigenvalue weighted by molar-refractivity contribution is 5.86. The summed E-state index contributed by atoms with van der Waals surface area (Å²) in [7, 11) is 2.81. The van der Waals surface area contributed by atoms with Crippen molar-refractivity contribution in [2.24, 2.45) is 5.92 Å². The minimum atomic E-state index is -1.14. The molecule has 1 aliphatic rings. The maximum absolute atomic E-state index is 11.3. The van der Waals surface area contributed by atoms with Gasteiger partial charge >= 0.3 is 5.97 Å². The molecule has 1 aromatic rings. The lowest BCUT2D eigenvalue weighted by molar-refractivity contribution is -0.0683. The van der Waals surface area contributed by atoms with Crippen LogP contribution in [0, 0.1) is 5.92 Å². The smallest absolute Gasteiger partial charge is 0.373 e. The summed E-state index contributed by atoms with van der Waals surface area (Å²) in [6.07, 6.45) is 1.88. The fourth-order valence-electron chi connectivity index (χ4n) is 1.95. The molecule has 1 aliphatic carbocycles. The van der Waals surface area contributed by atoms with Crippen LogP contribution in [0.4, 0.5) is 0 Å². The van der Waals surface area contributed by atoms with E-state index in [1.807, 2.05) is 0 Å². The van der Waals surface area contributed by atoms with Gasteiger partial charge in [-0.05, 0) is 30.9 Å². The van der Waals surface area contributed by atoms with Crippen molar-refractivity contribution in [3.63, 3.8) is 0 Å². The number of hydrogen-bond donors (Lipinski definition) is 1. The first-order valence-electron chi connectivity index (χ1n) is 5.51. The van der Waals surface area contributed by atoms with E-state index >= 15 is 0 Å². The van der Waals surface area contributed by atoms with Crippen molar-refractivity contribution in [3.05, 3.63) is 23.7 Å². The molecule has 5 nitrogen and oxygen atoms in total. The molecule has 1 aromatic heterocycles. The van der Waals surface area contributed by atoms with Gasteiger partial charge in [-0.2, -0.15) is 0 Å². The van der Waals surface area contributed by atoms with Gasteiger partial charge in [0.05, 0.1) is 13.7 Å². The van der Waals surface area contributed by atoms with Crippen LogP contribution in [0.1, 0.15) is 29.2 Å². The Morgan fingerprint density at radius 3 is 2.76 bits per heavy atom. The van der Waals surface area contributed by atoms with E-state index < -0.39 is 11.6 Å². The molecule has 0 radical (unpaired) electrons. The van der Waals surface area contributed by atoms with Gasteiger partial charge in [-0.3, -0.25) is 0 Å². The maximum atomic E-state index is 11.3. The van der Waals surface area contributed by atoms with E-state index in [0.717, 1.165) is 12.8 Å². The number of methoxy groups -OCH3 is 2. The van der Waals surface area contributed by atoms with Gasteiger partial charge in [0.1, 0.15) is 11.4 Å². The molecule has 0 spiro atoms. The molecule has 0 saturated heterocycles. The van der Waals surface area contributed by atoms with Gasteiger partial charge in [0.25, 0.3) is 0 Å². The summed E-state index contributed by atoms with van der Waals surface area (Å²) in [5, 5.41) is 10.5. The topological polar surface area (TPSA) is 68.9 Å². The average Bonchev–Trinajstić information content (AvgIpc) is 3.06. The Hall–Kier alpha value is -1.33. The molecule has 0 bridgehead atoms. The van der Waals surface area contributed by atoms with Crippen LogP contribution < -0.4 is 0 Å². The average molecular weight is 240 g/mol. The molecule has 0 amide bonds. The minimum Gasteiger partial charge on any atom is -0.463 e. The lowest BCUT2D eigenvalue weighted by atomic mass is 9.96. The predicted octanol–water partition coefficient (Wildman–Crippen LogP) is 1.31. The lowest BCUT2D eigenvalue weighted by Gasteiger charge is -2.24. The Morgan fingerprint density at radius 1 is 1.53 bits per heavy atom. The Labute approximate surface area is 99.3 Å². The fourth-order valence-corrected chi connectivity index (χ4v) is 1.95. The zero-order valence-corrected chi connectivity index (χ0v) is 9.93. The first-order chi connectivity index (χ1) is 8.11. The highest BCUT2D eigenvalue weighted by Crippen LogP contribution is 2.46. The SMILES string of the molecule is COCC(O)(c1ccc(C(=O)OC)o1)C1CC1. The number of carbonyl (C=O) groups excluding carboxylic acids is 1. The summed E-state index contributed by atoms with van der Waals surface area (Å²) >= 11 is 0. The molecule has 5 heteroatoms. The summed E-state index contributed by atoms with van der Waals surface area (Å²) in [6.45, 7) is 0.159. The molecule has 1 fully saturated rings. The first kappa shape index (κ1) is 12.1. The van der Waals surface area contributed by atoms with Crippen LogP contribution in [0.2, 0.25) is 0 Å². The van der Waals surface area contributed by atoms with Crippen LogP contribution in [0.15, 0.2) is 16.5 Å². The van der Waals surface area contributed by atoms with E-state index in [1.54, 1.807) is 6.07 Å². The van der Waals surface area contributed by atoms with Gasteiger partial charge in [-0.1, -0.05) is 0 Å². The van der Waals surface area contributed by atoms with Gasteiger partial charge in [0.15, 0.2) is 0 Å². The van der Waals surface area contributed by atoms with E-state index in [-0.39, 0.29) is 18.3 Å². The zero-order valence-electron chi connectivity index (χ0n) is 9.93. The van der Waals surface area contributed by atoms with E-state index in [1.165, 1.54) is 20.3 Å². The Bertz CT molecular complexity index is 407. The van der Waals surface area contributed by atoms with Gasteiger partial charge < -0.3 is 19.0 Å². The molecule has 2 rings (SSSR count). The Balaban J connectivity index is 2.24. The molecule has 0 aliphatic heterocycles. The number of hydrogen-bond acceptors (Lipinski definition) is 5. The van der Waals surface area contributed by atoms with Crippen LogP contribution in [-0.2, 0) is 15.1 Å². The minimum absolute atomic E-state index is 0.0951.